The van der Waals surface area contributed by atoms with Crippen LogP contribution in [-0.2, 0) is 22.6 Å². The molecule has 2 aromatic rings. The summed E-state index contributed by atoms with van der Waals surface area (Å²) in [5.74, 6) is 1.17. The van der Waals surface area contributed by atoms with Crippen LogP contribution >= 0.6 is 0 Å². The quantitative estimate of drug-likeness (QED) is 0.810. The van der Waals surface area contributed by atoms with Gasteiger partial charge in [0.2, 0.25) is 0 Å². The number of imidazole rings is 1. The van der Waals surface area contributed by atoms with Gasteiger partial charge in [-0.3, -0.25) is 4.79 Å². The molecule has 134 valence electrons. The molecule has 5 heteroatoms. The number of aryl methyl sites for hydroxylation is 1. The molecule has 1 aromatic carbocycles. The Kier molecular flexibility index (Phi) is 5.87. The van der Waals surface area contributed by atoms with Crippen molar-refractivity contribution in [2.75, 3.05) is 13.1 Å². The van der Waals surface area contributed by atoms with Crippen molar-refractivity contribution in [1.29, 1.82) is 0 Å². The average Bonchev–Trinajstić information content (AvgIpc) is 3.15. The van der Waals surface area contributed by atoms with Gasteiger partial charge in [0.25, 0.3) is 5.91 Å². The van der Waals surface area contributed by atoms with E-state index in [1.165, 1.54) is 0 Å². The number of carbonyl (C=O) groups excluding carboxylic acids is 1. The van der Waals surface area contributed by atoms with E-state index in [2.05, 4.69) is 16.5 Å². The molecular weight excluding hydrogens is 314 g/mol. The maximum Gasteiger partial charge on any atom is 0.251 e. The van der Waals surface area contributed by atoms with Gasteiger partial charge >= 0.3 is 0 Å². The van der Waals surface area contributed by atoms with Crippen molar-refractivity contribution in [3.8, 4) is 0 Å². The first-order valence-electron chi connectivity index (χ1n) is 9.15. The lowest BCUT2D eigenvalue weighted by Gasteiger charge is -2.35. The smallest absolute Gasteiger partial charge is 0.251 e. The first kappa shape index (κ1) is 17.7. The number of rotatable bonds is 6. The van der Waals surface area contributed by atoms with Crippen LogP contribution < -0.4 is 0 Å². The molecule has 1 aliphatic rings. The van der Waals surface area contributed by atoms with Crippen LogP contribution in [0.25, 0.3) is 0 Å². The second kappa shape index (κ2) is 8.30. The molecule has 2 heterocycles. The fourth-order valence-electron chi connectivity index (χ4n) is 3.46. The third-order valence-corrected chi connectivity index (χ3v) is 4.86. The van der Waals surface area contributed by atoms with E-state index in [9.17, 15) is 4.79 Å². The van der Waals surface area contributed by atoms with Crippen molar-refractivity contribution >= 4 is 5.91 Å². The number of benzene rings is 1. The molecule has 3 rings (SSSR count). The van der Waals surface area contributed by atoms with Gasteiger partial charge < -0.3 is 14.2 Å². The standard InChI is InChI=1S/C20H27N3O2/c1-3-19-21-11-13-23(19)18-10-7-12-22(14-18)20(24)16(2)25-15-17-8-5-4-6-9-17/h4-6,8-9,11,13,16,18H,3,7,10,12,14-15H2,1-2H3/t16-,18-/m0/s1. The molecule has 1 fully saturated rings. The summed E-state index contributed by atoms with van der Waals surface area (Å²) >= 11 is 0. The number of piperidine rings is 1. The first-order valence-corrected chi connectivity index (χ1v) is 9.15. The highest BCUT2D eigenvalue weighted by Crippen LogP contribution is 2.24. The predicted molar refractivity (Wildman–Crippen MR) is 97.1 cm³/mol. The Morgan fingerprint density at radius 3 is 2.92 bits per heavy atom. The number of aromatic nitrogens is 2. The van der Waals surface area contributed by atoms with Gasteiger partial charge in [-0.25, -0.2) is 4.98 Å². The molecule has 0 aliphatic carbocycles. The van der Waals surface area contributed by atoms with Gasteiger partial charge in [0.1, 0.15) is 11.9 Å². The molecule has 1 aliphatic heterocycles. The summed E-state index contributed by atoms with van der Waals surface area (Å²) in [6.45, 7) is 5.98. The van der Waals surface area contributed by atoms with Crippen LogP contribution in [0.15, 0.2) is 42.7 Å². The zero-order valence-corrected chi connectivity index (χ0v) is 15.1. The Morgan fingerprint density at radius 1 is 1.36 bits per heavy atom. The van der Waals surface area contributed by atoms with Crippen LogP contribution in [0.3, 0.4) is 0 Å². The van der Waals surface area contributed by atoms with E-state index in [0.29, 0.717) is 12.6 Å². The molecule has 0 spiro atoms. The first-order chi connectivity index (χ1) is 12.2. The van der Waals surface area contributed by atoms with Crippen molar-refractivity contribution < 1.29 is 9.53 Å². The SMILES string of the molecule is CCc1nccn1[C@H]1CCCN(C(=O)[C@H](C)OCc2ccccc2)C1. The Labute approximate surface area is 149 Å². The van der Waals surface area contributed by atoms with Gasteiger partial charge in [-0.05, 0) is 25.3 Å². The molecule has 1 amide bonds. The summed E-state index contributed by atoms with van der Waals surface area (Å²) in [6, 6.07) is 10.3. The number of carbonyl (C=O) groups is 1. The Morgan fingerprint density at radius 2 is 2.16 bits per heavy atom. The average molecular weight is 341 g/mol. The third kappa shape index (κ3) is 4.28. The lowest BCUT2D eigenvalue weighted by molar-refractivity contribution is -0.145. The van der Waals surface area contributed by atoms with Crippen LogP contribution in [-0.4, -0.2) is 39.6 Å². The molecular formula is C20H27N3O2. The largest absolute Gasteiger partial charge is 0.364 e. The lowest BCUT2D eigenvalue weighted by Crippen LogP contribution is -2.45. The Bertz CT molecular complexity index is 683. The summed E-state index contributed by atoms with van der Waals surface area (Å²) in [5, 5.41) is 0. The summed E-state index contributed by atoms with van der Waals surface area (Å²) in [7, 11) is 0. The monoisotopic (exact) mass is 341 g/mol. The molecule has 5 nitrogen and oxygen atoms in total. The summed E-state index contributed by atoms with van der Waals surface area (Å²) < 4.78 is 8.03. The van der Waals surface area contributed by atoms with Crippen molar-refractivity contribution in [2.24, 2.45) is 0 Å². The van der Waals surface area contributed by atoms with E-state index in [4.69, 9.17) is 4.74 Å². The second-order valence-electron chi connectivity index (χ2n) is 6.62. The van der Waals surface area contributed by atoms with Crippen molar-refractivity contribution in [3.63, 3.8) is 0 Å². The second-order valence-corrected chi connectivity index (χ2v) is 6.62. The molecule has 0 saturated carbocycles. The van der Waals surface area contributed by atoms with Gasteiger partial charge in [0.05, 0.1) is 12.6 Å². The fraction of sp³-hybridized carbons (Fsp3) is 0.500. The number of hydrogen-bond donors (Lipinski definition) is 0. The minimum atomic E-state index is -0.424. The summed E-state index contributed by atoms with van der Waals surface area (Å²) in [4.78, 5) is 19.1. The normalized spacial score (nSPS) is 19.0. The van der Waals surface area contributed by atoms with Crippen molar-refractivity contribution in [2.45, 2.75) is 51.9 Å². The predicted octanol–water partition coefficient (Wildman–Crippen LogP) is 3.21. The maximum absolute atomic E-state index is 12.8. The highest BCUT2D eigenvalue weighted by Gasteiger charge is 2.28. The van der Waals surface area contributed by atoms with Gasteiger partial charge in [-0.15, -0.1) is 0 Å². The van der Waals surface area contributed by atoms with Crippen LogP contribution in [0.2, 0.25) is 0 Å². The molecule has 1 saturated heterocycles. The number of ether oxygens (including phenoxy) is 1. The van der Waals surface area contributed by atoms with E-state index in [1.807, 2.05) is 54.5 Å². The van der Waals surface area contributed by atoms with Crippen LogP contribution in [0.4, 0.5) is 0 Å². The molecule has 0 bridgehead atoms. The van der Waals surface area contributed by atoms with Gasteiger partial charge in [0.15, 0.2) is 0 Å². The summed E-state index contributed by atoms with van der Waals surface area (Å²) in [5.41, 5.74) is 1.09. The topological polar surface area (TPSA) is 47.4 Å². The van der Waals surface area contributed by atoms with E-state index in [0.717, 1.165) is 43.7 Å². The molecule has 25 heavy (non-hydrogen) atoms. The third-order valence-electron chi connectivity index (χ3n) is 4.86. The number of hydrogen-bond acceptors (Lipinski definition) is 3. The Hall–Kier alpha value is -2.14. The maximum atomic E-state index is 12.8. The molecule has 1 aromatic heterocycles. The van der Waals surface area contributed by atoms with E-state index in [1.54, 1.807) is 0 Å². The minimum absolute atomic E-state index is 0.0822. The highest BCUT2D eigenvalue weighted by atomic mass is 16.5. The van der Waals surface area contributed by atoms with Gasteiger partial charge in [-0.1, -0.05) is 37.3 Å². The molecule has 0 unspecified atom stereocenters. The molecule has 0 N–H and O–H groups in total. The highest BCUT2D eigenvalue weighted by molar-refractivity contribution is 5.80. The van der Waals surface area contributed by atoms with Crippen LogP contribution in [0.5, 0.6) is 0 Å². The fourth-order valence-corrected chi connectivity index (χ4v) is 3.46. The lowest BCUT2D eigenvalue weighted by atomic mass is 10.0. The zero-order chi connectivity index (χ0) is 17.6. The molecule has 2 atom stereocenters. The minimum Gasteiger partial charge on any atom is -0.364 e. The van der Waals surface area contributed by atoms with Crippen molar-refractivity contribution in [3.05, 3.63) is 54.1 Å². The molecule has 0 radical (unpaired) electrons. The van der Waals surface area contributed by atoms with E-state index < -0.39 is 6.10 Å². The number of amides is 1. The van der Waals surface area contributed by atoms with Gasteiger partial charge in [0, 0.05) is 31.9 Å². The number of likely N-dealkylation sites (tertiary alicyclic amines) is 1. The summed E-state index contributed by atoms with van der Waals surface area (Å²) in [6.07, 6.45) is 6.48. The van der Waals surface area contributed by atoms with Crippen LogP contribution in [0, 0.1) is 0 Å². The number of nitrogens with zero attached hydrogens (tertiary/aromatic N) is 3. The van der Waals surface area contributed by atoms with Crippen molar-refractivity contribution in [1.82, 2.24) is 14.5 Å². The van der Waals surface area contributed by atoms with E-state index >= 15 is 0 Å². The Balaban J connectivity index is 1.57. The van der Waals surface area contributed by atoms with Crippen LogP contribution in [0.1, 0.15) is 44.1 Å². The van der Waals surface area contributed by atoms with Gasteiger partial charge in [-0.2, -0.15) is 0 Å². The van der Waals surface area contributed by atoms with E-state index in [-0.39, 0.29) is 5.91 Å². The zero-order valence-electron chi connectivity index (χ0n) is 15.1.